The summed E-state index contributed by atoms with van der Waals surface area (Å²) < 4.78 is 42.1. The van der Waals surface area contributed by atoms with Gasteiger partial charge in [-0.15, -0.1) is 0 Å². The molecule has 14 heavy (non-hydrogen) atoms. The lowest BCUT2D eigenvalue weighted by molar-refractivity contribution is 0.144. The van der Waals surface area contributed by atoms with Crippen molar-refractivity contribution in [1.82, 2.24) is 4.98 Å². The number of rotatable bonds is 3. The fraction of sp³-hybridized carbons (Fsp3) is 0.375. The number of nitrogens with zero attached hydrogens (tertiary/aromatic N) is 1. The molecule has 0 radical (unpaired) electrons. The predicted molar refractivity (Wildman–Crippen MR) is 43.6 cm³/mol. The maximum absolute atomic E-state index is 13.1. The SMILES string of the molecule is COc1nc(C(F)F)cc(F)c1CN. The van der Waals surface area contributed by atoms with Crippen LogP contribution < -0.4 is 10.5 Å². The van der Waals surface area contributed by atoms with Crippen molar-refractivity contribution < 1.29 is 17.9 Å². The number of halogens is 3. The minimum atomic E-state index is -2.83. The van der Waals surface area contributed by atoms with Gasteiger partial charge in [0.2, 0.25) is 5.88 Å². The zero-order valence-electron chi connectivity index (χ0n) is 7.43. The second-order valence-electron chi connectivity index (χ2n) is 2.52. The Balaban J connectivity index is 3.24. The standard InChI is InChI=1S/C8H9F3N2O/c1-14-8-4(3-12)5(9)2-6(13-8)7(10)11/h2,7H,3,12H2,1H3. The molecule has 3 nitrogen and oxygen atoms in total. The molecule has 0 atom stereocenters. The predicted octanol–water partition coefficient (Wildman–Crippen LogP) is 1.63. The molecule has 0 aliphatic carbocycles. The number of hydrogen-bond acceptors (Lipinski definition) is 3. The van der Waals surface area contributed by atoms with E-state index in [0.717, 1.165) is 0 Å². The van der Waals surface area contributed by atoms with E-state index in [1.165, 1.54) is 7.11 Å². The van der Waals surface area contributed by atoms with Crippen molar-refractivity contribution in [2.75, 3.05) is 7.11 Å². The van der Waals surface area contributed by atoms with Gasteiger partial charge in [-0.05, 0) is 0 Å². The lowest BCUT2D eigenvalue weighted by Crippen LogP contribution is -2.07. The zero-order chi connectivity index (χ0) is 10.7. The van der Waals surface area contributed by atoms with E-state index < -0.39 is 17.9 Å². The first kappa shape index (κ1) is 10.8. The second-order valence-corrected chi connectivity index (χ2v) is 2.52. The molecule has 1 rings (SSSR count). The normalized spacial score (nSPS) is 10.7. The van der Waals surface area contributed by atoms with E-state index in [9.17, 15) is 13.2 Å². The van der Waals surface area contributed by atoms with Gasteiger partial charge in [-0.25, -0.2) is 18.2 Å². The molecule has 0 fully saturated rings. The number of hydrogen-bond donors (Lipinski definition) is 1. The van der Waals surface area contributed by atoms with Crippen molar-refractivity contribution in [2.24, 2.45) is 5.73 Å². The van der Waals surface area contributed by atoms with E-state index in [4.69, 9.17) is 5.73 Å². The number of nitrogens with two attached hydrogens (primary N) is 1. The van der Waals surface area contributed by atoms with Crippen molar-refractivity contribution in [1.29, 1.82) is 0 Å². The van der Waals surface area contributed by atoms with Gasteiger partial charge in [-0.1, -0.05) is 0 Å². The van der Waals surface area contributed by atoms with Gasteiger partial charge >= 0.3 is 0 Å². The van der Waals surface area contributed by atoms with Crippen LogP contribution in [-0.2, 0) is 6.54 Å². The van der Waals surface area contributed by atoms with Crippen LogP contribution in [0.3, 0.4) is 0 Å². The van der Waals surface area contributed by atoms with Crippen LogP contribution in [0.1, 0.15) is 17.7 Å². The minimum absolute atomic E-state index is 0.00287. The molecule has 0 aliphatic rings. The van der Waals surface area contributed by atoms with Gasteiger partial charge in [0.1, 0.15) is 11.5 Å². The van der Waals surface area contributed by atoms with Crippen LogP contribution in [-0.4, -0.2) is 12.1 Å². The Labute approximate surface area is 78.7 Å². The molecule has 0 amide bonds. The fourth-order valence-corrected chi connectivity index (χ4v) is 1.00. The topological polar surface area (TPSA) is 48.1 Å². The number of ether oxygens (including phenoxy) is 1. The molecular formula is C8H9F3N2O. The van der Waals surface area contributed by atoms with E-state index in [2.05, 4.69) is 9.72 Å². The first-order valence-corrected chi connectivity index (χ1v) is 3.81. The zero-order valence-corrected chi connectivity index (χ0v) is 7.43. The largest absolute Gasteiger partial charge is 0.481 e. The summed E-state index contributed by atoms with van der Waals surface area (Å²) in [6.07, 6.45) is -2.83. The van der Waals surface area contributed by atoms with E-state index in [1.807, 2.05) is 0 Å². The number of methoxy groups -OCH3 is 1. The highest BCUT2D eigenvalue weighted by Crippen LogP contribution is 2.24. The summed E-state index contributed by atoms with van der Waals surface area (Å²) in [5.41, 5.74) is 4.55. The van der Waals surface area contributed by atoms with Gasteiger partial charge in [0.05, 0.1) is 12.7 Å². The highest BCUT2D eigenvalue weighted by Gasteiger charge is 2.17. The average molecular weight is 206 g/mol. The van der Waals surface area contributed by atoms with E-state index in [-0.39, 0.29) is 18.0 Å². The molecule has 0 aromatic carbocycles. The maximum Gasteiger partial charge on any atom is 0.280 e. The van der Waals surface area contributed by atoms with Crippen molar-refractivity contribution >= 4 is 0 Å². The Hall–Kier alpha value is -1.30. The lowest BCUT2D eigenvalue weighted by atomic mass is 10.2. The molecule has 0 saturated heterocycles. The summed E-state index contributed by atoms with van der Waals surface area (Å²) >= 11 is 0. The van der Waals surface area contributed by atoms with Crippen LogP contribution in [0.25, 0.3) is 0 Å². The first-order valence-electron chi connectivity index (χ1n) is 3.81. The lowest BCUT2D eigenvalue weighted by Gasteiger charge is -2.08. The van der Waals surface area contributed by atoms with Gasteiger partial charge in [0.15, 0.2) is 0 Å². The van der Waals surface area contributed by atoms with Crippen molar-refractivity contribution in [3.05, 3.63) is 23.1 Å². The Morgan fingerprint density at radius 3 is 2.64 bits per heavy atom. The Kier molecular flexibility index (Phi) is 3.29. The van der Waals surface area contributed by atoms with Crippen molar-refractivity contribution in [2.45, 2.75) is 13.0 Å². The molecule has 0 spiro atoms. The summed E-state index contributed by atoms with van der Waals surface area (Å²) in [4.78, 5) is 3.43. The molecule has 0 aliphatic heterocycles. The summed E-state index contributed by atoms with van der Waals surface area (Å²) in [5, 5.41) is 0. The van der Waals surface area contributed by atoms with Gasteiger partial charge in [0, 0.05) is 12.6 Å². The Morgan fingerprint density at radius 2 is 2.21 bits per heavy atom. The highest BCUT2D eigenvalue weighted by molar-refractivity contribution is 5.30. The molecule has 0 unspecified atom stereocenters. The molecule has 2 N–H and O–H groups in total. The molecule has 0 saturated carbocycles. The fourth-order valence-electron chi connectivity index (χ4n) is 1.00. The summed E-state index contributed by atoms with van der Waals surface area (Å²) in [5.74, 6) is -1.02. The molecule has 1 aromatic rings. The van der Waals surface area contributed by atoms with E-state index >= 15 is 0 Å². The third-order valence-electron chi connectivity index (χ3n) is 1.67. The van der Waals surface area contributed by atoms with Crippen LogP contribution in [0.5, 0.6) is 5.88 Å². The average Bonchev–Trinajstić information content (AvgIpc) is 2.16. The molecular weight excluding hydrogens is 197 g/mol. The van der Waals surface area contributed by atoms with Crippen molar-refractivity contribution in [3.8, 4) is 5.88 Å². The van der Waals surface area contributed by atoms with E-state index in [1.54, 1.807) is 0 Å². The molecule has 6 heteroatoms. The minimum Gasteiger partial charge on any atom is -0.481 e. The number of alkyl halides is 2. The van der Waals surface area contributed by atoms with Crippen LogP contribution in [0.2, 0.25) is 0 Å². The van der Waals surface area contributed by atoms with E-state index in [0.29, 0.717) is 6.07 Å². The summed E-state index contributed by atoms with van der Waals surface area (Å²) in [6, 6.07) is 0.662. The van der Waals surface area contributed by atoms with Gasteiger partial charge < -0.3 is 10.5 Å². The summed E-state index contributed by atoms with van der Waals surface area (Å²) in [6.45, 7) is -0.147. The third kappa shape index (κ3) is 1.95. The van der Waals surface area contributed by atoms with Crippen LogP contribution in [0.4, 0.5) is 13.2 Å². The second kappa shape index (κ2) is 4.28. The van der Waals surface area contributed by atoms with Crippen molar-refractivity contribution in [3.63, 3.8) is 0 Å². The number of aromatic nitrogens is 1. The monoisotopic (exact) mass is 206 g/mol. The Morgan fingerprint density at radius 1 is 1.57 bits per heavy atom. The highest BCUT2D eigenvalue weighted by atomic mass is 19.3. The number of pyridine rings is 1. The molecule has 0 bridgehead atoms. The maximum atomic E-state index is 13.1. The third-order valence-corrected chi connectivity index (χ3v) is 1.67. The van der Waals surface area contributed by atoms with Gasteiger partial charge in [0.25, 0.3) is 6.43 Å². The van der Waals surface area contributed by atoms with Gasteiger partial charge in [-0.2, -0.15) is 0 Å². The summed E-state index contributed by atoms with van der Waals surface area (Å²) in [7, 11) is 1.22. The smallest absolute Gasteiger partial charge is 0.280 e. The molecule has 78 valence electrons. The van der Waals surface area contributed by atoms with Crippen LogP contribution in [0.15, 0.2) is 6.07 Å². The van der Waals surface area contributed by atoms with Crippen LogP contribution in [0, 0.1) is 5.82 Å². The first-order chi connectivity index (χ1) is 6.60. The van der Waals surface area contributed by atoms with Gasteiger partial charge in [-0.3, -0.25) is 0 Å². The molecule has 1 aromatic heterocycles. The Bertz CT molecular complexity index is 331. The quantitative estimate of drug-likeness (QED) is 0.817. The molecule has 1 heterocycles. The van der Waals surface area contributed by atoms with Crippen LogP contribution >= 0.6 is 0 Å².